The molecule has 1 aromatic rings. The largest absolute Gasteiger partial charge is 0.508 e. The fraction of sp³-hybridized carbons (Fsp3) is 0.600. The average molecular weight is 283 g/mol. The molecule has 0 fully saturated rings. The van der Waals surface area contributed by atoms with E-state index in [1.54, 1.807) is 6.07 Å². The summed E-state index contributed by atoms with van der Waals surface area (Å²) in [5, 5.41) is 9.88. The summed E-state index contributed by atoms with van der Waals surface area (Å²) >= 11 is 0. The van der Waals surface area contributed by atoms with E-state index in [1.807, 2.05) is 32.9 Å². The number of phenols is 1. The number of hydrogen-bond donors (Lipinski definition) is 2. The van der Waals surface area contributed by atoms with Crippen molar-refractivity contribution in [2.24, 2.45) is 0 Å². The van der Waals surface area contributed by atoms with Crippen LogP contribution >= 0.6 is 0 Å². The second-order valence-corrected chi connectivity index (χ2v) is 8.85. The molecule has 0 bridgehead atoms. The number of aromatic hydroxyl groups is 1. The van der Waals surface area contributed by atoms with Crippen molar-refractivity contribution in [1.82, 2.24) is 4.72 Å². The highest BCUT2D eigenvalue weighted by Gasteiger charge is 2.20. The summed E-state index contributed by atoms with van der Waals surface area (Å²) in [6.45, 7) is 12.5. The standard InChI is InChI=1S/C15H25NO2S/c1-14(2,3)12-7-8-13(17)11(9-12)10-16-19(18)15(4,5)6/h7-9,16-17H,10H2,1-6H3. The van der Waals surface area contributed by atoms with Gasteiger partial charge in [-0.15, -0.1) is 0 Å². The number of phenolic OH excluding ortho intramolecular Hbond substituents is 1. The van der Waals surface area contributed by atoms with Crippen molar-refractivity contribution in [3.8, 4) is 5.75 Å². The Kier molecular flexibility index (Phi) is 4.80. The van der Waals surface area contributed by atoms with E-state index in [9.17, 15) is 9.32 Å². The lowest BCUT2D eigenvalue weighted by Gasteiger charge is -2.21. The summed E-state index contributed by atoms with van der Waals surface area (Å²) in [7, 11) is -1.13. The molecule has 0 spiro atoms. The van der Waals surface area contributed by atoms with Gasteiger partial charge >= 0.3 is 0 Å². The van der Waals surface area contributed by atoms with Crippen molar-refractivity contribution in [3.05, 3.63) is 29.3 Å². The van der Waals surface area contributed by atoms with Gasteiger partial charge in [0, 0.05) is 12.1 Å². The van der Waals surface area contributed by atoms with Crippen LogP contribution in [0.5, 0.6) is 5.75 Å². The second kappa shape index (κ2) is 5.63. The van der Waals surface area contributed by atoms with E-state index in [0.29, 0.717) is 6.54 Å². The number of rotatable bonds is 3. The maximum absolute atomic E-state index is 11.9. The molecule has 1 unspecified atom stereocenters. The third-order valence-electron chi connectivity index (χ3n) is 2.90. The first-order chi connectivity index (χ1) is 8.51. The van der Waals surface area contributed by atoms with Gasteiger partial charge in [0.05, 0.1) is 15.7 Å². The summed E-state index contributed by atoms with van der Waals surface area (Å²) < 4.78 is 14.6. The van der Waals surface area contributed by atoms with E-state index in [4.69, 9.17) is 0 Å². The minimum absolute atomic E-state index is 0.0334. The normalized spacial score (nSPS) is 14.4. The van der Waals surface area contributed by atoms with Gasteiger partial charge in [0.1, 0.15) is 5.75 Å². The van der Waals surface area contributed by atoms with Crippen LogP contribution in [0.15, 0.2) is 18.2 Å². The van der Waals surface area contributed by atoms with Crippen LogP contribution in [0.1, 0.15) is 52.7 Å². The Bertz CT molecular complexity index is 470. The molecule has 0 saturated heterocycles. The van der Waals surface area contributed by atoms with Crippen LogP contribution in [0.4, 0.5) is 0 Å². The second-order valence-electron chi connectivity index (χ2n) is 6.80. The zero-order valence-corrected chi connectivity index (χ0v) is 13.5. The Morgan fingerprint density at radius 1 is 1.16 bits per heavy atom. The number of nitrogens with one attached hydrogen (secondary N) is 1. The van der Waals surface area contributed by atoms with E-state index in [2.05, 4.69) is 25.5 Å². The summed E-state index contributed by atoms with van der Waals surface area (Å²) in [5.74, 6) is 0.242. The maximum Gasteiger partial charge on any atom is 0.120 e. The van der Waals surface area contributed by atoms with E-state index in [0.717, 1.165) is 11.1 Å². The quantitative estimate of drug-likeness (QED) is 0.894. The van der Waals surface area contributed by atoms with Gasteiger partial charge < -0.3 is 5.11 Å². The zero-order chi connectivity index (χ0) is 14.8. The van der Waals surface area contributed by atoms with Crippen LogP contribution in [0, 0.1) is 0 Å². The molecule has 0 radical (unpaired) electrons. The molecule has 2 N–H and O–H groups in total. The lowest BCUT2D eigenvalue weighted by Crippen LogP contribution is -2.32. The van der Waals surface area contributed by atoms with Crippen molar-refractivity contribution in [2.75, 3.05) is 0 Å². The molecule has 0 amide bonds. The smallest absolute Gasteiger partial charge is 0.120 e. The monoisotopic (exact) mass is 283 g/mol. The van der Waals surface area contributed by atoms with Crippen LogP contribution in [0.25, 0.3) is 0 Å². The first kappa shape index (κ1) is 16.2. The highest BCUT2D eigenvalue weighted by Crippen LogP contribution is 2.27. The fourth-order valence-corrected chi connectivity index (χ4v) is 2.27. The highest BCUT2D eigenvalue weighted by molar-refractivity contribution is 7.84. The molecular formula is C15H25NO2S. The van der Waals surface area contributed by atoms with Crippen LogP contribution in [0.3, 0.4) is 0 Å². The van der Waals surface area contributed by atoms with Crippen molar-refractivity contribution in [3.63, 3.8) is 0 Å². The third-order valence-corrected chi connectivity index (χ3v) is 4.41. The van der Waals surface area contributed by atoms with Crippen LogP contribution in [-0.4, -0.2) is 14.1 Å². The Morgan fingerprint density at radius 3 is 2.21 bits per heavy atom. The molecule has 108 valence electrons. The Labute approximate surface area is 119 Å². The molecule has 0 aromatic heterocycles. The van der Waals surface area contributed by atoms with Gasteiger partial charge in [0.25, 0.3) is 0 Å². The predicted octanol–water partition coefficient (Wildman–Crippen LogP) is 3.24. The number of benzene rings is 1. The summed E-state index contributed by atoms with van der Waals surface area (Å²) in [5.41, 5.74) is 1.97. The van der Waals surface area contributed by atoms with Gasteiger partial charge in [-0.05, 0) is 37.8 Å². The van der Waals surface area contributed by atoms with Crippen LogP contribution in [-0.2, 0) is 22.9 Å². The number of hydrogen-bond acceptors (Lipinski definition) is 2. The van der Waals surface area contributed by atoms with Gasteiger partial charge in [-0.1, -0.05) is 32.9 Å². The molecule has 0 aliphatic heterocycles. The molecule has 3 nitrogen and oxygen atoms in total. The SMILES string of the molecule is CC(C)(C)c1ccc(O)c(CNS(=O)C(C)(C)C)c1. The zero-order valence-electron chi connectivity index (χ0n) is 12.7. The van der Waals surface area contributed by atoms with Gasteiger partial charge in [0.15, 0.2) is 0 Å². The summed E-state index contributed by atoms with van der Waals surface area (Å²) in [6, 6.07) is 5.61. The minimum atomic E-state index is -1.13. The Morgan fingerprint density at radius 2 is 1.74 bits per heavy atom. The first-order valence-corrected chi connectivity index (χ1v) is 7.64. The Balaban J connectivity index is 2.87. The topological polar surface area (TPSA) is 49.3 Å². The van der Waals surface area contributed by atoms with E-state index < -0.39 is 11.0 Å². The molecule has 1 atom stereocenters. The molecule has 0 saturated carbocycles. The lowest BCUT2D eigenvalue weighted by molar-refractivity contribution is 0.465. The molecule has 0 aliphatic carbocycles. The molecule has 1 rings (SSSR count). The average Bonchev–Trinajstić information content (AvgIpc) is 2.24. The minimum Gasteiger partial charge on any atom is -0.508 e. The fourth-order valence-electron chi connectivity index (χ4n) is 1.55. The third kappa shape index (κ3) is 4.62. The summed E-state index contributed by atoms with van der Waals surface area (Å²) in [4.78, 5) is 0. The van der Waals surface area contributed by atoms with E-state index in [1.165, 1.54) is 0 Å². The van der Waals surface area contributed by atoms with E-state index in [-0.39, 0.29) is 15.9 Å². The van der Waals surface area contributed by atoms with Gasteiger partial charge in [-0.25, -0.2) is 8.93 Å². The Hall–Kier alpha value is -0.870. The van der Waals surface area contributed by atoms with Gasteiger partial charge in [-0.3, -0.25) is 0 Å². The predicted molar refractivity (Wildman–Crippen MR) is 81.5 cm³/mol. The molecule has 0 heterocycles. The molecule has 0 aliphatic rings. The highest BCUT2D eigenvalue weighted by atomic mass is 32.2. The molecule has 19 heavy (non-hydrogen) atoms. The molecular weight excluding hydrogens is 258 g/mol. The van der Waals surface area contributed by atoms with Gasteiger partial charge in [-0.2, -0.15) is 0 Å². The van der Waals surface area contributed by atoms with Crippen molar-refractivity contribution in [1.29, 1.82) is 0 Å². The van der Waals surface area contributed by atoms with Crippen molar-refractivity contribution >= 4 is 11.0 Å². The summed E-state index contributed by atoms with van der Waals surface area (Å²) in [6.07, 6.45) is 0. The van der Waals surface area contributed by atoms with Crippen molar-refractivity contribution < 1.29 is 9.32 Å². The molecule has 4 heteroatoms. The van der Waals surface area contributed by atoms with E-state index >= 15 is 0 Å². The maximum atomic E-state index is 11.9. The van der Waals surface area contributed by atoms with Crippen LogP contribution < -0.4 is 4.72 Å². The first-order valence-electron chi connectivity index (χ1n) is 6.49. The van der Waals surface area contributed by atoms with Gasteiger partial charge in [0.2, 0.25) is 0 Å². The van der Waals surface area contributed by atoms with Crippen LogP contribution in [0.2, 0.25) is 0 Å². The lowest BCUT2D eigenvalue weighted by atomic mass is 9.86. The molecule has 1 aromatic carbocycles. The van der Waals surface area contributed by atoms with Crippen molar-refractivity contribution in [2.45, 2.75) is 58.2 Å².